The summed E-state index contributed by atoms with van der Waals surface area (Å²) in [6, 6.07) is 6.07. The molecule has 6 heteroatoms. The number of nitrogens with one attached hydrogen (secondary N) is 1. The van der Waals surface area contributed by atoms with Gasteiger partial charge in [0.25, 0.3) is 5.91 Å². The molecule has 0 aromatic carbocycles. The Morgan fingerprint density at radius 3 is 2.91 bits per heavy atom. The van der Waals surface area contributed by atoms with Crippen LogP contribution >= 0.6 is 0 Å². The van der Waals surface area contributed by atoms with Crippen LogP contribution in [0.2, 0.25) is 0 Å². The van der Waals surface area contributed by atoms with Crippen molar-refractivity contribution in [3.05, 3.63) is 41.9 Å². The van der Waals surface area contributed by atoms with Gasteiger partial charge in [0.15, 0.2) is 0 Å². The number of carbonyl (C=O) groups is 1. The summed E-state index contributed by atoms with van der Waals surface area (Å²) in [5.74, 6) is -0.351. The van der Waals surface area contributed by atoms with E-state index in [1.54, 1.807) is 18.6 Å². The molecule has 1 saturated heterocycles. The van der Waals surface area contributed by atoms with Crippen molar-refractivity contribution in [3.8, 4) is 6.07 Å². The Morgan fingerprint density at radius 2 is 2.30 bits per heavy atom. The minimum Gasteiger partial charge on any atom is -0.376 e. The first-order valence-electron chi connectivity index (χ1n) is 7.79. The molecule has 0 saturated carbocycles. The standard InChI is InChI=1S/C17H23N5O/c1-21-8-5-16(6-9-21)22(2)13-15(10-18)17(23)20-12-14-4-3-7-19-11-14/h3-4,7,11,13,16H,5-6,8-9,12H2,1-2H3,(H,20,23)/b15-13-. The van der Waals surface area contributed by atoms with Gasteiger partial charge in [-0.15, -0.1) is 0 Å². The Bertz CT molecular complexity index is 585. The summed E-state index contributed by atoms with van der Waals surface area (Å²) >= 11 is 0. The normalized spacial score (nSPS) is 16.7. The fourth-order valence-electron chi connectivity index (χ4n) is 2.63. The molecular formula is C17H23N5O. The van der Waals surface area contributed by atoms with Gasteiger partial charge >= 0.3 is 0 Å². The molecule has 1 fully saturated rings. The fourth-order valence-corrected chi connectivity index (χ4v) is 2.63. The van der Waals surface area contributed by atoms with Crippen LogP contribution in [0.4, 0.5) is 0 Å². The highest BCUT2D eigenvalue weighted by Gasteiger charge is 2.20. The van der Waals surface area contributed by atoms with Gasteiger partial charge in [-0.2, -0.15) is 5.26 Å². The Morgan fingerprint density at radius 1 is 1.57 bits per heavy atom. The van der Waals surface area contributed by atoms with Crippen molar-refractivity contribution in [2.45, 2.75) is 25.4 Å². The molecule has 0 aliphatic carbocycles. The van der Waals surface area contributed by atoms with Crippen molar-refractivity contribution in [1.29, 1.82) is 5.26 Å². The number of piperidine rings is 1. The monoisotopic (exact) mass is 313 g/mol. The molecule has 122 valence electrons. The third kappa shape index (κ3) is 5.08. The lowest BCUT2D eigenvalue weighted by Gasteiger charge is -2.34. The van der Waals surface area contributed by atoms with E-state index >= 15 is 0 Å². The van der Waals surface area contributed by atoms with Crippen molar-refractivity contribution < 1.29 is 4.79 Å². The minimum atomic E-state index is -0.351. The largest absolute Gasteiger partial charge is 0.376 e. The molecule has 23 heavy (non-hydrogen) atoms. The van der Waals surface area contributed by atoms with Gasteiger partial charge < -0.3 is 15.1 Å². The highest BCUT2D eigenvalue weighted by atomic mass is 16.1. The van der Waals surface area contributed by atoms with Gasteiger partial charge in [0.05, 0.1) is 0 Å². The number of rotatable bonds is 5. The fraction of sp³-hybridized carbons (Fsp3) is 0.471. The van der Waals surface area contributed by atoms with Crippen molar-refractivity contribution in [2.75, 3.05) is 27.2 Å². The van der Waals surface area contributed by atoms with Gasteiger partial charge in [0, 0.05) is 38.2 Å². The first-order chi connectivity index (χ1) is 11.1. The van der Waals surface area contributed by atoms with E-state index in [1.165, 1.54) is 0 Å². The second-order valence-corrected chi connectivity index (χ2v) is 5.90. The number of hydrogen-bond donors (Lipinski definition) is 1. The number of likely N-dealkylation sites (tertiary alicyclic amines) is 1. The van der Waals surface area contributed by atoms with Crippen molar-refractivity contribution in [2.24, 2.45) is 0 Å². The van der Waals surface area contributed by atoms with E-state index in [-0.39, 0.29) is 11.5 Å². The third-order valence-electron chi connectivity index (χ3n) is 4.14. The number of hydrogen-bond acceptors (Lipinski definition) is 5. The van der Waals surface area contributed by atoms with Crippen molar-refractivity contribution in [1.82, 2.24) is 20.1 Å². The van der Waals surface area contributed by atoms with Gasteiger partial charge in [0.1, 0.15) is 11.6 Å². The van der Waals surface area contributed by atoms with E-state index in [1.807, 2.05) is 30.1 Å². The highest BCUT2D eigenvalue weighted by Crippen LogP contribution is 2.15. The first kappa shape index (κ1) is 17.0. The number of carbonyl (C=O) groups excluding carboxylic acids is 1. The molecule has 0 bridgehead atoms. The summed E-state index contributed by atoms with van der Waals surface area (Å²) < 4.78 is 0. The smallest absolute Gasteiger partial charge is 0.263 e. The molecule has 1 aliphatic rings. The van der Waals surface area contributed by atoms with Crippen LogP contribution in [0.15, 0.2) is 36.3 Å². The molecule has 1 aliphatic heterocycles. The van der Waals surface area contributed by atoms with E-state index in [0.29, 0.717) is 12.6 Å². The Kier molecular flexibility index (Phi) is 6.12. The lowest BCUT2D eigenvalue weighted by Crippen LogP contribution is -2.40. The second kappa shape index (κ2) is 8.30. The quantitative estimate of drug-likeness (QED) is 0.652. The molecule has 0 unspecified atom stereocenters. The van der Waals surface area contributed by atoms with Crippen LogP contribution in [0, 0.1) is 11.3 Å². The van der Waals surface area contributed by atoms with Crippen LogP contribution in [0.5, 0.6) is 0 Å². The molecule has 0 spiro atoms. The average molecular weight is 313 g/mol. The van der Waals surface area contributed by atoms with E-state index in [0.717, 1.165) is 31.5 Å². The SMILES string of the molecule is CN1CCC(N(C)/C=C(/C#N)C(=O)NCc2cccnc2)CC1. The molecule has 0 atom stereocenters. The number of nitrogens with zero attached hydrogens (tertiary/aromatic N) is 4. The second-order valence-electron chi connectivity index (χ2n) is 5.90. The summed E-state index contributed by atoms with van der Waals surface area (Å²) in [4.78, 5) is 20.4. The highest BCUT2D eigenvalue weighted by molar-refractivity contribution is 5.97. The summed E-state index contributed by atoms with van der Waals surface area (Å²) in [7, 11) is 4.04. The van der Waals surface area contributed by atoms with Gasteiger partial charge in [-0.1, -0.05) is 6.07 Å². The number of amides is 1. The minimum absolute atomic E-state index is 0.135. The van der Waals surface area contributed by atoms with E-state index in [9.17, 15) is 10.1 Å². The summed E-state index contributed by atoms with van der Waals surface area (Å²) in [6.45, 7) is 2.44. The Hall–Kier alpha value is -2.39. The van der Waals surface area contributed by atoms with Crippen molar-refractivity contribution >= 4 is 5.91 Å². The summed E-state index contributed by atoms with van der Waals surface area (Å²) in [5, 5.41) is 12.0. The van der Waals surface area contributed by atoms with E-state index in [4.69, 9.17) is 0 Å². The molecule has 6 nitrogen and oxygen atoms in total. The first-order valence-corrected chi connectivity index (χ1v) is 7.79. The number of pyridine rings is 1. The van der Waals surface area contributed by atoms with Crippen LogP contribution in [-0.2, 0) is 11.3 Å². The van der Waals surface area contributed by atoms with Gasteiger partial charge in [-0.05, 0) is 44.6 Å². The molecule has 2 rings (SSSR count). The zero-order valence-electron chi connectivity index (χ0n) is 13.7. The number of nitriles is 1. The molecular weight excluding hydrogens is 290 g/mol. The van der Waals surface area contributed by atoms with Gasteiger partial charge in [-0.3, -0.25) is 9.78 Å². The van der Waals surface area contributed by atoms with Crippen LogP contribution in [-0.4, -0.2) is 53.9 Å². The zero-order valence-corrected chi connectivity index (χ0v) is 13.7. The maximum atomic E-state index is 12.2. The van der Waals surface area contributed by atoms with Crippen LogP contribution in [0.1, 0.15) is 18.4 Å². The lowest BCUT2D eigenvalue weighted by atomic mass is 10.0. The van der Waals surface area contributed by atoms with E-state index in [2.05, 4.69) is 22.2 Å². The molecule has 2 heterocycles. The predicted molar refractivity (Wildman–Crippen MR) is 88.1 cm³/mol. The van der Waals surface area contributed by atoms with Crippen molar-refractivity contribution in [3.63, 3.8) is 0 Å². The van der Waals surface area contributed by atoms with Gasteiger partial charge in [0.2, 0.25) is 0 Å². The average Bonchev–Trinajstić information content (AvgIpc) is 2.59. The lowest BCUT2D eigenvalue weighted by molar-refractivity contribution is -0.117. The third-order valence-corrected chi connectivity index (χ3v) is 4.14. The topological polar surface area (TPSA) is 72.3 Å². The zero-order chi connectivity index (χ0) is 16.7. The predicted octanol–water partition coefficient (Wildman–Crippen LogP) is 1.13. The van der Waals surface area contributed by atoms with Crippen LogP contribution < -0.4 is 5.32 Å². The number of aromatic nitrogens is 1. The molecule has 1 aromatic heterocycles. The maximum Gasteiger partial charge on any atom is 0.263 e. The Labute approximate surface area is 137 Å². The van der Waals surface area contributed by atoms with Crippen LogP contribution in [0.3, 0.4) is 0 Å². The Balaban J connectivity index is 1.92. The maximum absolute atomic E-state index is 12.2. The summed E-state index contributed by atoms with van der Waals surface area (Å²) in [6.07, 6.45) is 7.12. The molecule has 0 radical (unpaired) electrons. The van der Waals surface area contributed by atoms with E-state index < -0.39 is 0 Å². The van der Waals surface area contributed by atoms with Crippen LogP contribution in [0.25, 0.3) is 0 Å². The molecule has 1 aromatic rings. The summed E-state index contributed by atoms with van der Waals surface area (Å²) in [5.41, 5.74) is 1.04. The van der Waals surface area contributed by atoms with Gasteiger partial charge in [-0.25, -0.2) is 0 Å². The molecule has 1 N–H and O–H groups in total. The molecule has 1 amide bonds.